The highest BCUT2D eigenvalue weighted by atomic mass is 16.1. The second kappa shape index (κ2) is 4.75. The number of nitrogens with one attached hydrogen (secondary N) is 2. The average molecular weight is 237 g/mol. The summed E-state index contributed by atoms with van der Waals surface area (Å²) in [6, 6.07) is 0.863. The zero-order chi connectivity index (χ0) is 12.4. The molecule has 0 aliphatic carbocycles. The molecule has 2 atom stereocenters. The van der Waals surface area contributed by atoms with E-state index in [0.717, 1.165) is 19.4 Å². The Morgan fingerprint density at radius 1 is 1.65 bits per heavy atom. The van der Waals surface area contributed by atoms with Crippen molar-refractivity contribution < 1.29 is 0 Å². The minimum absolute atomic E-state index is 0.166. The summed E-state index contributed by atoms with van der Waals surface area (Å²) in [6.07, 6.45) is 3.44. The molecule has 2 rings (SSSR count). The zero-order valence-electron chi connectivity index (χ0n) is 10.2. The Hall–Kier alpha value is -1.56. The molecule has 1 saturated heterocycles. The average Bonchev–Trinajstić information content (AvgIpc) is 2.30. The third kappa shape index (κ3) is 2.58. The van der Waals surface area contributed by atoms with E-state index in [-0.39, 0.29) is 11.2 Å². The fraction of sp³-hybridized carbons (Fsp3) is 0.636. The third-order valence-electron chi connectivity index (χ3n) is 3.44. The van der Waals surface area contributed by atoms with Crippen LogP contribution in [0.25, 0.3) is 0 Å². The summed E-state index contributed by atoms with van der Waals surface area (Å²) in [5.41, 5.74) is 5.56. The number of hydrogen-bond acceptors (Lipinski definition) is 5. The number of rotatable bonds is 2. The lowest BCUT2D eigenvalue weighted by Gasteiger charge is -2.35. The summed E-state index contributed by atoms with van der Waals surface area (Å²) >= 11 is 0. The van der Waals surface area contributed by atoms with Crippen LogP contribution in [0.3, 0.4) is 0 Å². The van der Waals surface area contributed by atoms with Gasteiger partial charge in [-0.2, -0.15) is 0 Å². The second-order valence-corrected chi connectivity index (χ2v) is 4.69. The molecule has 1 aromatic rings. The van der Waals surface area contributed by atoms with Crippen LogP contribution >= 0.6 is 0 Å². The van der Waals surface area contributed by atoms with Crippen molar-refractivity contribution in [2.45, 2.75) is 31.8 Å². The maximum atomic E-state index is 11.3. The standard InChI is InChI=1S/C11H19N5O/c1-7-5-8(3-4-16(7)2)15-10-9(12)11(17)14-6-13-10/h6-8H,3-5,12H2,1-2H3,(H2,13,14,15,17). The number of aromatic nitrogens is 2. The van der Waals surface area contributed by atoms with Crippen LogP contribution in [0.15, 0.2) is 11.1 Å². The van der Waals surface area contributed by atoms with Crippen LogP contribution in [0.2, 0.25) is 0 Å². The lowest BCUT2D eigenvalue weighted by molar-refractivity contribution is 0.190. The topological polar surface area (TPSA) is 87.0 Å². The van der Waals surface area contributed by atoms with E-state index in [1.807, 2.05) is 0 Å². The summed E-state index contributed by atoms with van der Waals surface area (Å²) in [6.45, 7) is 3.24. The van der Waals surface area contributed by atoms with E-state index >= 15 is 0 Å². The maximum Gasteiger partial charge on any atom is 0.276 e. The van der Waals surface area contributed by atoms with Crippen LogP contribution in [0.4, 0.5) is 11.5 Å². The third-order valence-corrected chi connectivity index (χ3v) is 3.44. The molecule has 0 radical (unpaired) electrons. The van der Waals surface area contributed by atoms with Gasteiger partial charge in [-0.25, -0.2) is 4.98 Å². The summed E-state index contributed by atoms with van der Waals surface area (Å²) in [5.74, 6) is 0.496. The molecule has 1 fully saturated rings. The predicted molar refractivity (Wildman–Crippen MR) is 68.0 cm³/mol. The van der Waals surface area contributed by atoms with Crippen molar-refractivity contribution in [1.29, 1.82) is 0 Å². The summed E-state index contributed by atoms with van der Waals surface area (Å²) in [5, 5.41) is 3.26. The van der Waals surface area contributed by atoms with Gasteiger partial charge in [0, 0.05) is 18.6 Å². The van der Waals surface area contributed by atoms with Crippen molar-refractivity contribution in [3.63, 3.8) is 0 Å². The van der Waals surface area contributed by atoms with Crippen molar-refractivity contribution in [3.8, 4) is 0 Å². The van der Waals surface area contributed by atoms with Gasteiger partial charge >= 0.3 is 0 Å². The molecule has 2 heterocycles. The van der Waals surface area contributed by atoms with E-state index in [4.69, 9.17) is 5.73 Å². The molecule has 0 bridgehead atoms. The highest BCUT2D eigenvalue weighted by molar-refractivity contribution is 5.59. The van der Waals surface area contributed by atoms with E-state index in [1.165, 1.54) is 6.33 Å². The fourth-order valence-corrected chi connectivity index (χ4v) is 2.14. The number of nitrogens with two attached hydrogens (primary N) is 1. The normalized spacial score (nSPS) is 25.8. The van der Waals surface area contributed by atoms with Gasteiger partial charge in [0.1, 0.15) is 5.69 Å². The summed E-state index contributed by atoms with van der Waals surface area (Å²) in [4.78, 5) is 20.2. The van der Waals surface area contributed by atoms with Gasteiger partial charge in [-0.05, 0) is 26.8 Å². The molecule has 1 aliphatic rings. The Morgan fingerprint density at radius 2 is 2.41 bits per heavy atom. The van der Waals surface area contributed by atoms with Crippen molar-refractivity contribution in [2.75, 3.05) is 24.6 Å². The van der Waals surface area contributed by atoms with E-state index < -0.39 is 0 Å². The van der Waals surface area contributed by atoms with Crippen LogP contribution in [0.5, 0.6) is 0 Å². The molecule has 0 spiro atoms. The maximum absolute atomic E-state index is 11.3. The van der Waals surface area contributed by atoms with Gasteiger partial charge < -0.3 is 20.9 Å². The number of hydrogen-bond donors (Lipinski definition) is 3. The summed E-state index contributed by atoms with van der Waals surface area (Å²) in [7, 11) is 2.13. The molecule has 6 heteroatoms. The van der Waals surface area contributed by atoms with Crippen molar-refractivity contribution in [1.82, 2.24) is 14.9 Å². The molecule has 0 aromatic carbocycles. The molecular formula is C11H19N5O. The summed E-state index contributed by atoms with van der Waals surface area (Å²) < 4.78 is 0. The van der Waals surface area contributed by atoms with Gasteiger partial charge in [-0.3, -0.25) is 4.79 Å². The molecular weight excluding hydrogens is 218 g/mol. The van der Waals surface area contributed by atoms with Gasteiger partial charge in [-0.1, -0.05) is 0 Å². The number of aromatic amines is 1. The number of nitrogens with zero attached hydrogens (tertiary/aromatic N) is 2. The monoisotopic (exact) mass is 237 g/mol. The van der Waals surface area contributed by atoms with Crippen molar-refractivity contribution in [2.24, 2.45) is 0 Å². The molecule has 0 saturated carbocycles. The van der Waals surface area contributed by atoms with Gasteiger partial charge in [-0.15, -0.1) is 0 Å². The van der Waals surface area contributed by atoms with Crippen LogP contribution in [-0.4, -0.2) is 40.5 Å². The smallest absolute Gasteiger partial charge is 0.276 e. The second-order valence-electron chi connectivity index (χ2n) is 4.69. The van der Waals surface area contributed by atoms with Crippen LogP contribution < -0.4 is 16.6 Å². The van der Waals surface area contributed by atoms with Gasteiger partial charge in [0.05, 0.1) is 6.33 Å². The number of nitrogen functional groups attached to an aromatic ring is 1. The van der Waals surface area contributed by atoms with Gasteiger partial charge in [0.15, 0.2) is 5.82 Å². The van der Waals surface area contributed by atoms with E-state index in [2.05, 4.69) is 34.2 Å². The Kier molecular flexibility index (Phi) is 3.33. The SMILES string of the molecule is CC1CC(Nc2nc[nH]c(=O)c2N)CCN1C. The van der Waals surface area contributed by atoms with E-state index in [0.29, 0.717) is 17.9 Å². The first-order valence-corrected chi connectivity index (χ1v) is 5.88. The van der Waals surface area contributed by atoms with Gasteiger partial charge in [0.2, 0.25) is 0 Å². The number of likely N-dealkylation sites (tertiary alicyclic amines) is 1. The lowest BCUT2D eigenvalue weighted by atomic mass is 9.99. The minimum Gasteiger partial charge on any atom is -0.391 e. The first-order valence-electron chi connectivity index (χ1n) is 5.88. The number of piperidine rings is 1. The molecule has 6 nitrogen and oxygen atoms in total. The first kappa shape index (κ1) is 11.9. The Balaban J connectivity index is 2.06. The molecule has 2 unspecified atom stereocenters. The van der Waals surface area contributed by atoms with Crippen LogP contribution in [0, 0.1) is 0 Å². The highest BCUT2D eigenvalue weighted by Crippen LogP contribution is 2.20. The fourth-order valence-electron chi connectivity index (χ4n) is 2.14. The van der Waals surface area contributed by atoms with Crippen LogP contribution in [0.1, 0.15) is 19.8 Å². The predicted octanol–water partition coefficient (Wildman–Crippen LogP) is 0.247. The van der Waals surface area contributed by atoms with Crippen molar-refractivity contribution >= 4 is 11.5 Å². The molecule has 1 aliphatic heterocycles. The van der Waals surface area contributed by atoms with Crippen molar-refractivity contribution in [3.05, 3.63) is 16.7 Å². The largest absolute Gasteiger partial charge is 0.391 e. The van der Waals surface area contributed by atoms with Gasteiger partial charge in [0.25, 0.3) is 5.56 Å². The zero-order valence-corrected chi connectivity index (χ0v) is 10.2. The molecule has 4 N–H and O–H groups in total. The number of H-pyrrole nitrogens is 1. The Bertz CT molecular complexity index is 444. The molecule has 0 amide bonds. The Morgan fingerprint density at radius 3 is 3.12 bits per heavy atom. The Labute approximate surface area is 100 Å². The van der Waals surface area contributed by atoms with E-state index in [9.17, 15) is 4.79 Å². The quantitative estimate of drug-likeness (QED) is 0.686. The van der Waals surface area contributed by atoms with Crippen LogP contribution in [-0.2, 0) is 0 Å². The lowest BCUT2D eigenvalue weighted by Crippen LogP contribution is -2.43. The molecule has 94 valence electrons. The minimum atomic E-state index is -0.288. The highest BCUT2D eigenvalue weighted by Gasteiger charge is 2.23. The first-order chi connectivity index (χ1) is 8.08. The molecule has 17 heavy (non-hydrogen) atoms. The molecule has 1 aromatic heterocycles. The number of anilines is 2. The van der Waals surface area contributed by atoms with E-state index in [1.54, 1.807) is 0 Å².